The zero-order chi connectivity index (χ0) is 12.8. The Balaban J connectivity index is 1.78. The summed E-state index contributed by atoms with van der Waals surface area (Å²) >= 11 is 0. The molecule has 1 fully saturated rings. The van der Waals surface area contributed by atoms with Gasteiger partial charge in [-0.05, 0) is 51.2 Å². The number of nitrogens with one attached hydrogen (secondary N) is 2. The van der Waals surface area contributed by atoms with Gasteiger partial charge in [0.05, 0.1) is 11.4 Å². The summed E-state index contributed by atoms with van der Waals surface area (Å²) in [7, 11) is 2.16. The number of benzene rings is 1. The second-order valence-electron chi connectivity index (χ2n) is 5.50. The molecule has 2 heterocycles. The molecule has 0 aromatic heterocycles. The van der Waals surface area contributed by atoms with Crippen LogP contribution in [0.3, 0.4) is 0 Å². The maximum absolute atomic E-state index is 6.50. The first kappa shape index (κ1) is 11.6. The molecule has 6 N–H and O–H groups in total. The fraction of sp³-hybridized carbons (Fsp3) is 0.538. The van der Waals surface area contributed by atoms with Gasteiger partial charge in [-0.3, -0.25) is 5.73 Å². The van der Waals surface area contributed by atoms with Crippen molar-refractivity contribution >= 4 is 17.1 Å². The molecule has 98 valence electrons. The van der Waals surface area contributed by atoms with Crippen LogP contribution in [-0.2, 0) is 0 Å². The van der Waals surface area contributed by atoms with E-state index in [2.05, 4.69) is 22.6 Å². The molecule has 0 aliphatic carbocycles. The van der Waals surface area contributed by atoms with Crippen LogP contribution in [0.15, 0.2) is 18.2 Å². The lowest BCUT2D eigenvalue weighted by molar-refractivity contribution is 0.176. The van der Waals surface area contributed by atoms with Crippen molar-refractivity contribution in [1.82, 2.24) is 4.90 Å². The van der Waals surface area contributed by atoms with E-state index in [1.165, 1.54) is 0 Å². The van der Waals surface area contributed by atoms with Crippen molar-refractivity contribution in [1.29, 1.82) is 0 Å². The van der Waals surface area contributed by atoms with Crippen molar-refractivity contribution in [2.45, 2.75) is 18.6 Å². The number of nitrogens with two attached hydrogens (primary N) is 2. The van der Waals surface area contributed by atoms with Crippen molar-refractivity contribution in [2.75, 3.05) is 36.5 Å². The SMILES string of the molecule is CN1CCC(C2(N)Nc3ccc(N)cc3N2)CC1. The molecule has 1 saturated heterocycles. The third-order valence-corrected chi connectivity index (χ3v) is 4.09. The first-order valence-electron chi connectivity index (χ1n) is 6.50. The molecule has 5 nitrogen and oxygen atoms in total. The Bertz CT molecular complexity index is 453. The second-order valence-corrected chi connectivity index (χ2v) is 5.50. The fourth-order valence-corrected chi connectivity index (χ4v) is 2.92. The smallest absolute Gasteiger partial charge is 0.164 e. The van der Waals surface area contributed by atoms with Crippen LogP contribution in [0.5, 0.6) is 0 Å². The van der Waals surface area contributed by atoms with Crippen molar-refractivity contribution in [3.05, 3.63) is 18.2 Å². The molecular weight excluding hydrogens is 226 g/mol. The van der Waals surface area contributed by atoms with E-state index in [0.29, 0.717) is 5.92 Å². The minimum Gasteiger partial charge on any atom is -0.399 e. The quantitative estimate of drug-likeness (QED) is 0.558. The first-order chi connectivity index (χ1) is 8.57. The molecule has 1 unspecified atom stereocenters. The van der Waals surface area contributed by atoms with Crippen molar-refractivity contribution in [3.8, 4) is 0 Å². The van der Waals surface area contributed by atoms with E-state index in [1.54, 1.807) is 0 Å². The molecule has 3 rings (SSSR count). The molecule has 0 bridgehead atoms. The van der Waals surface area contributed by atoms with Gasteiger partial charge in [0, 0.05) is 11.6 Å². The summed E-state index contributed by atoms with van der Waals surface area (Å²) < 4.78 is 0. The van der Waals surface area contributed by atoms with E-state index in [-0.39, 0.29) is 0 Å². The van der Waals surface area contributed by atoms with E-state index in [0.717, 1.165) is 43.0 Å². The van der Waals surface area contributed by atoms with Crippen molar-refractivity contribution in [2.24, 2.45) is 11.7 Å². The van der Waals surface area contributed by atoms with E-state index >= 15 is 0 Å². The van der Waals surface area contributed by atoms with Crippen LogP contribution >= 0.6 is 0 Å². The molecule has 5 heteroatoms. The van der Waals surface area contributed by atoms with E-state index in [4.69, 9.17) is 11.5 Å². The highest BCUT2D eigenvalue weighted by atomic mass is 15.4. The van der Waals surface area contributed by atoms with Gasteiger partial charge in [-0.2, -0.15) is 0 Å². The normalized spacial score (nSPS) is 28.6. The summed E-state index contributed by atoms with van der Waals surface area (Å²) in [6.07, 6.45) is 2.22. The highest BCUT2D eigenvalue weighted by molar-refractivity contribution is 5.79. The van der Waals surface area contributed by atoms with Gasteiger partial charge < -0.3 is 21.3 Å². The van der Waals surface area contributed by atoms with E-state index in [9.17, 15) is 0 Å². The van der Waals surface area contributed by atoms with Gasteiger partial charge >= 0.3 is 0 Å². The van der Waals surface area contributed by atoms with Crippen LogP contribution in [-0.4, -0.2) is 30.8 Å². The highest BCUT2D eigenvalue weighted by Crippen LogP contribution is 2.38. The number of hydrogen-bond donors (Lipinski definition) is 4. The predicted octanol–water partition coefficient (Wildman–Crippen LogP) is 1.06. The topological polar surface area (TPSA) is 79.3 Å². The number of hydrogen-bond acceptors (Lipinski definition) is 5. The Hall–Kier alpha value is -1.46. The van der Waals surface area contributed by atoms with Gasteiger partial charge in [0.2, 0.25) is 0 Å². The van der Waals surface area contributed by atoms with Crippen LogP contribution in [0.1, 0.15) is 12.8 Å². The van der Waals surface area contributed by atoms with Gasteiger partial charge in [0.25, 0.3) is 0 Å². The second kappa shape index (κ2) is 4.03. The summed E-state index contributed by atoms with van der Waals surface area (Å²) in [5.74, 6) is -0.0977. The molecule has 2 aliphatic heterocycles. The molecule has 1 aromatic rings. The van der Waals surface area contributed by atoms with Gasteiger partial charge in [-0.1, -0.05) is 0 Å². The van der Waals surface area contributed by atoms with Crippen LogP contribution in [0.4, 0.5) is 17.1 Å². The lowest BCUT2D eigenvalue weighted by Crippen LogP contribution is -2.59. The van der Waals surface area contributed by atoms with Crippen molar-refractivity contribution < 1.29 is 0 Å². The molecule has 0 amide bonds. The molecule has 0 spiro atoms. The Morgan fingerprint density at radius 1 is 1.22 bits per heavy atom. The maximum Gasteiger partial charge on any atom is 0.164 e. The lowest BCUT2D eigenvalue weighted by atomic mass is 9.90. The molecule has 1 aromatic carbocycles. The molecule has 2 aliphatic rings. The number of piperidine rings is 1. The summed E-state index contributed by atoms with van der Waals surface area (Å²) in [6, 6.07) is 5.82. The van der Waals surface area contributed by atoms with Gasteiger partial charge in [-0.15, -0.1) is 0 Å². The summed E-state index contributed by atoms with van der Waals surface area (Å²) in [4.78, 5) is 2.35. The average Bonchev–Trinajstić information content (AvgIpc) is 2.66. The number of likely N-dealkylation sites (tertiary alicyclic amines) is 1. The molecule has 0 radical (unpaired) electrons. The van der Waals surface area contributed by atoms with Crippen molar-refractivity contribution in [3.63, 3.8) is 0 Å². The zero-order valence-electron chi connectivity index (χ0n) is 10.7. The van der Waals surface area contributed by atoms with Crippen LogP contribution in [0.25, 0.3) is 0 Å². The molecular formula is C13H21N5. The van der Waals surface area contributed by atoms with E-state index < -0.39 is 5.79 Å². The Kier molecular flexibility index (Phi) is 2.60. The summed E-state index contributed by atoms with van der Waals surface area (Å²) in [5, 5.41) is 6.82. The lowest BCUT2D eigenvalue weighted by Gasteiger charge is -2.39. The number of fused-ring (bicyclic) bond motifs is 1. The van der Waals surface area contributed by atoms with Crippen LogP contribution in [0, 0.1) is 5.92 Å². The monoisotopic (exact) mass is 247 g/mol. The fourth-order valence-electron chi connectivity index (χ4n) is 2.92. The predicted molar refractivity (Wildman–Crippen MR) is 75.2 cm³/mol. The summed E-state index contributed by atoms with van der Waals surface area (Å²) in [6.45, 7) is 2.21. The van der Waals surface area contributed by atoms with Gasteiger partial charge in [-0.25, -0.2) is 0 Å². The van der Waals surface area contributed by atoms with Gasteiger partial charge in [0.15, 0.2) is 5.79 Å². The summed E-state index contributed by atoms with van der Waals surface area (Å²) in [5.41, 5.74) is 15.1. The molecule has 0 saturated carbocycles. The van der Waals surface area contributed by atoms with Gasteiger partial charge in [0.1, 0.15) is 0 Å². The number of rotatable bonds is 1. The Morgan fingerprint density at radius 3 is 2.61 bits per heavy atom. The molecule has 1 atom stereocenters. The van der Waals surface area contributed by atoms with E-state index in [1.807, 2.05) is 18.2 Å². The maximum atomic E-state index is 6.50. The zero-order valence-corrected chi connectivity index (χ0v) is 10.7. The first-order valence-corrected chi connectivity index (χ1v) is 6.50. The molecule has 18 heavy (non-hydrogen) atoms. The average molecular weight is 247 g/mol. The van der Waals surface area contributed by atoms with Crippen LogP contribution < -0.4 is 22.1 Å². The minimum absolute atomic E-state index is 0.433. The minimum atomic E-state index is -0.530. The Morgan fingerprint density at radius 2 is 1.89 bits per heavy atom. The number of nitrogens with zero attached hydrogens (tertiary/aromatic N) is 1. The third-order valence-electron chi connectivity index (χ3n) is 4.09. The number of nitrogen functional groups attached to an aromatic ring is 1. The third kappa shape index (κ3) is 1.89. The standard InChI is InChI=1S/C13H21N5/c1-18-6-4-9(5-7-18)13(15)16-11-3-2-10(14)8-12(11)17-13/h2-3,8-9,16-17H,4-7,14-15H2,1H3. The highest BCUT2D eigenvalue weighted by Gasteiger charge is 2.40. The largest absolute Gasteiger partial charge is 0.399 e. The Labute approximate surface area is 108 Å². The van der Waals surface area contributed by atoms with Crippen LogP contribution in [0.2, 0.25) is 0 Å². The number of anilines is 3.